The van der Waals surface area contributed by atoms with Gasteiger partial charge in [-0.2, -0.15) is 0 Å². The molecule has 1 fully saturated rings. The van der Waals surface area contributed by atoms with Crippen LogP contribution in [0.15, 0.2) is 48.5 Å². The second-order valence-corrected chi connectivity index (χ2v) is 6.03. The summed E-state index contributed by atoms with van der Waals surface area (Å²) in [6, 6.07) is 15.9. The van der Waals surface area contributed by atoms with Gasteiger partial charge in [0.2, 0.25) is 0 Å². The second kappa shape index (κ2) is 5.84. The van der Waals surface area contributed by atoms with Crippen LogP contribution in [0.2, 0.25) is 0 Å². The molecular formula is C19H21NO2. The second-order valence-electron chi connectivity index (χ2n) is 6.03. The molecule has 0 heterocycles. The molecule has 3 rings (SSSR count). The number of methoxy groups -OCH3 is 1. The maximum Gasteiger partial charge on any atom is 0.166 e. The van der Waals surface area contributed by atoms with Crippen LogP contribution in [0.1, 0.15) is 28.3 Å². The summed E-state index contributed by atoms with van der Waals surface area (Å²) in [5.41, 5.74) is 3.22. The average molecular weight is 295 g/mol. The fourth-order valence-corrected chi connectivity index (χ4v) is 2.84. The topological polar surface area (TPSA) is 29.5 Å². The van der Waals surface area contributed by atoms with Gasteiger partial charge in [0.15, 0.2) is 5.78 Å². The first kappa shape index (κ1) is 14.6. The van der Waals surface area contributed by atoms with Crippen molar-refractivity contribution < 1.29 is 9.53 Å². The predicted molar refractivity (Wildman–Crippen MR) is 88.9 cm³/mol. The molecule has 0 saturated heterocycles. The molecule has 0 spiro atoms. The number of Topliss-reactive ketones (excluding diaryl/α,β-unsaturated/α-hetero) is 1. The summed E-state index contributed by atoms with van der Waals surface area (Å²) in [5, 5.41) is 0. The van der Waals surface area contributed by atoms with Gasteiger partial charge in [0.1, 0.15) is 5.75 Å². The maximum absolute atomic E-state index is 12.5. The number of ether oxygens (including phenoxy) is 1. The van der Waals surface area contributed by atoms with Crippen molar-refractivity contribution in [2.24, 2.45) is 5.92 Å². The van der Waals surface area contributed by atoms with Gasteiger partial charge in [-0.1, -0.05) is 12.1 Å². The average Bonchev–Trinajstić information content (AvgIpc) is 3.35. The van der Waals surface area contributed by atoms with E-state index < -0.39 is 0 Å². The summed E-state index contributed by atoms with van der Waals surface area (Å²) in [4.78, 5) is 14.6. The van der Waals surface area contributed by atoms with Crippen LogP contribution in [-0.4, -0.2) is 27.0 Å². The fourth-order valence-electron chi connectivity index (χ4n) is 2.84. The predicted octanol–water partition coefficient (Wildman–Crippen LogP) is 3.75. The molecule has 0 bridgehead atoms. The zero-order chi connectivity index (χ0) is 15.7. The molecule has 1 aliphatic carbocycles. The van der Waals surface area contributed by atoms with Gasteiger partial charge in [0, 0.05) is 31.3 Å². The van der Waals surface area contributed by atoms with Gasteiger partial charge < -0.3 is 9.64 Å². The SMILES string of the molecule is COc1ccc(C(=O)C2CC2c2ccc(N(C)C)cc2)cc1. The lowest BCUT2D eigenvalue weighted by Gasteiger charge is -2.12. The Morgan fingerprint density at radius 2 is 1.68 bits per heavy atom. The van der Waals surface area contributed by atoms with Gasteiger partial charge in [-0.05, 0) is 54.3 Å². The minimum atomic E-state index is 0.124. The molecule has 0 aromatic heterocycles. The van der Waals surface area contributed by atoms with Crippen molar-refractivity contribution in [3.63, 3.8) is 0 Å². The van der Waals surface area contributed by atoms with E-state index in [2.05, 4.69) is 29.2 Å². The Kier molecular flexibility index (Phi) is 3.88. The third-order valence-electron chi connectivity index (χ3n) is 4.34. The number of carbonyl (C=O) groups is 1. The van der Waals surface area contributed by atoms with Gasteiger partial charge in [-0.3, -0.25) is 4.79 Å². The Labute approximate surface area is 131 Å². The molecular weight excluding hydrogens is 274 g/mol. The Balaban J connectivity index is 1.69. The summed E-state index contributed by atoms with van der Waals surface area (Å²) >= 11 is 0. The lowest BCUT2D eigenvalue weighted by Crippen LogP contribution is -2.08. The van der Waals surface area contributed by atoms with E-state index in [0.29, 0.717) is 5.92 Å². The number of benzene rings is 2. The van der Waals surface area contributed by atoms with Crippen LogP contribution in [0, 0.1) is 5.92 Å². The molecule has 0 aliphatic heterocycles. The van der Waals surface area contributed by atoms with E-state index in [4.69, 9.17) is 4.74 Å². The van der Waals surface area contributed by atoms with Crippen LogP contribution in [0.5, 0.6) is 5.75 Å². The normalized spacial score (nSPS) is 19.6. The Morgan fingerprint density at radius 1 is 1.05 bits per heavy atom. The van der Waals surface area contributed by atoms with Crippen LogP contribution in [-0.2, 0) is 0 Å². The molecule has 0 amide bonds. The largest absolute Gasteiger partial charge is 0.497 e. The van der Waals surface area contributed by atoms with Crippen LogP contribution in [0.3, 0.4) is 0 Å². The molecule has 1 saturated carbocycles. The van der Waals surface area contributed by atoms with Crippen molar-refractivity contribution in [2.75, 3.05) is 26.1 Å². The number of ketones is 1. The fraction of sp³-hybridized carbons (Fsp3) is 0.316. The summed E-state index contributed by atoms with van der Waals surface area (Å²) in [6.07, 6.45) is 0.951. The number of hydrogen-bond acceptors (Lipinski definition) is 3. The van der Waals surface area contributed by atoms with E-state index in [1.807, 2.05) is 38.4 Å². The van der Waals surface area contributed by atoms with Gasteiger partial charge >= 0.3 is 0 Å². The highest BCUT2D eigenvalue weighted by atomic mass is 16.5. The van der Waals surface area contributed by atoms with Crippen molar-refractivity contribution in [1.82, 2.24) is 0 Å². The Morgan fingerprint density at radius 3 is 2.23 bits per heavy atom. The number of hydrogen-bond donors (Lipinski definition) is 0. The first-order valence-corrected chi connectivity index (χ1v) is 7.55. The minimum Gasteiger partial charge on any atom is -0.497 e. The maximum atomic E-state index is 12.5. The number of nitrogens with zero attached hydrogens (tertiary/aromatic N) is 1. The first-order valence-electron chi connectivity index (χ1n) is 7.55. The quantitative estimate of drug-likeness (QED) is 0.787. The smallest absolute Gasteiger partial charge is 0.166 e. The molecule has 22 heavy (non-hydrogen) atoms. The van der Waals surface area contributed by atoms with Crippen LogP contribution >= 0.6 is 0 Å². The number of anilines is 1. The van der Waals surface area contributed by atoms with Gasteiger partial charge in [-0.15, -0.1) is 0 Å². The van der Waals surface area contributed by atoms with Crippen LogP contribution in [0.4, 0.5) is 5.69 Å². The van der Waals surface area contributed by atoms with E-state index in [-0.39, 0.29) is 11.7 Å². The molecule has 3 heteroatoms. The number of carbonyl (C=O) groups excluding carboxylic acids is 1. The Hall–Kier alpha value is -2.29. The summed E-state index contributed by atoms with van der Waals surface area (Å²) < 4.78 is 5.13. The molecule has 0 radical (unpaired) electrons. The van der Waals surface area contributed by atoms with Crippen molar-refractivity contribution in [1.29, 1.82) is 0 Å². The summed E-state index contributed by atoms with van der Waals surface area (Å²) in [5.74, 6) is 1.51. The van der Waals surface area contributed by atoms with Gasteiger partial charge in [-0.25, -0.2) is 0 Å². The molecule has 2 aromatic rings. The molecule has 2 unspecified atom stereocenters. The monoisotopic (exact) mass is 295 g/mol. The molecule has 2 atom stereocenters. The van der Waals surface area contributed by atoms with E-state index >= 15 is 0 Å². The lowest BCUT2D eigenvalue weighted by atomic mass is 10.0. The van der Waals surface area contributed by atoms with Crippen molar-refractivity contribution in [2.45, 2.75) is 12.3 Å². The Bertz CT molecular complexity index is 659. The van der Waals surface area contributed by atoms with Crippen LogP contribution in [0.25, 0.3) is 0 Å². The lowest BCUT2D eigenvalue weighted by molar-refractivity contribution is 0.0965. The van der Waals surface area contributed by atoms with Crippen molar-refractivity contribution in [3.05, 3.63) is 59.7 Å². The minimum absolute atomic E-state index is 0.124. The van der Waals surface area contributed by atoms with E-state index in [0.717, 1.165) is 17.7 Å². The standard InChI is InChI=1S/C19H21NO2/c1-20(2)15-8-4-13(5-9-15)17-12-18(17)19(21)14-6-10-16(22-3)11-7-14/h4-11,17-18H,12H2,1-3H3. The molecule has 2 aromatic carbocycles. The van der Waals surface area contributed by atoms with Crippen molar-refractivity contribution >= 4 is 11.5 Å². The highest BCUT2D eigenvalue weighted by Gasteiger charge is 2.43. The van der Waals surface area contributed by atoms with E-state index in [1.54, 1.807) is 7.11 Å². The molecule has 114 valence electrons. The van der Waals surface area contributed by atoms with Crippen LogP contribution < -0.4 is 9.64 Å². The van der Waals surface area contributed by atoms with Crippen molar-refractivity contribution in [3.8, 4) is 5.75 Å². The number of rotatable bonds is 5. The molecule has 0 N–H and O–H groups in total. The highest BCUT2D eigenvalue weighted by molar-refractivity contribution is 6.00. The first-order chi connectivity index (χ1) is 10.6. The van der Waals surface area contributed by atoms with E-state index in [1.165, 1.54) is 11.3 Å². The zero-order valence-electron chi connectivity index (χ0n) is 13.2. The molecule has 1 aliphatic rings. The summed E-state index contributed by atoms with van der Waals surface area (Å²) in [7, 11) is 5.69. The van der Waals surface area contributed by atoms with Gasteiger partial charge in [0.05, 0.1) is 7.11 Å². The summed E-state index contributed by atoms with van der Waals surface area (Å²) in [6.45, 7) is 0. The third-order valence-corrected chi connectivity index (χ3v) is 4.34. The van der Waals surface area contributed by atoms with Gasteiger partial charge in [0.25, 0.3) is 0 Å². The highest BCUT2D eigenvalue weighted by Crippen LogP contribution is 2.49. The molecule has 3 nitrogen and oxygen atoms in total. The zero-order valence-corrected chi connectivity index (χ0v) is 13.2. The van der Waals surface area contributed by atoms with E-state index in [9.17, 15) is 4.79 Å². The third kappa shape index (κ3) is 2.84.